The minimum Gasteiger partial charge on any atom is -0.376 e. The van der Waals surface area contributed by atoms with Crippen LogP contribution in [0.4, 0.5) is 5.95 Å². The molecule has 1 fully saturated rings. The summed E-state index contributed by atoms with van der Waals surface area (Å²) in [6.07, 6.45) is 3.79. The van der Waals surface area contributed by atoms with E-state index in [0.717, 1.165) is 35.3 Å². The maximum atomic E-state index is 13.1. The first-order valence-electron chi connectivity index (χ1n) is 11.8. The Morgan fingerprint density at radius 3 is 2.65 bits per heavy atom. The van der Waals surface area contributed by atoms with Crippen molar-refractivity contribution in [1.29, 1.82) is 0 Å². The summed E-state index contributed by atoms with van der Waals surface area (Å²) >= 11 is 0. The standard InChI is InChI=1S/C27H32N4O3/c1-19(2)26(33)30(16-23-13-8-14-34-23)18-25(32)29-27-28-24(21-10-5-4-6-11-21)17-31(27)22-12-7-9-20(3)15-22/h4-7,9-12,15,17,19,23H,8,13-14,16,18H2,1-3H3,(H,28,29,32)/t23-/m0/s1. The van der Waals surface area contributed by atoms with Gasteiger partial charge >= 0.3 is 0 Å². The van der Waals surface area contributed by atoms with Gasteiger partial charge in [-0.2, -0.15) is 0 Å². The Bertz CT molecular complexity index is 1130. The average Bonchev–Trinajstić information content (AvgIpc) is 3.49. The van der Waals surface area contributed by atoms with Crippen LogP contribution in [-0.2, 0) is 14.3 Å². The lowest BCUT2D eigenvalue weighted by molar-refractivity contribution is -0.139. The second-order valence-electron chi connectivity index (χ2n) is 9.08. The van der Waals surface area contributed by atoms with Crippen molar-refractivity contribution >= 4 is 17.8 Å². The van der Waals surface area contributed by atoms with Crippen molar-refractivity contribution in [3.05, 3.63) is 66.4 Å². The van der Waals surface area contributed by atoms with E-state index < -0.39 is 0 Å². The molecule has 1 aliphatic rings. The Morgan fingerprint density at radius 2 is 1.97 bits per heavy atom. The van der Waals surface area contributed by atoms with Crippen LogP contribution < -0.4 is 5.32 Å². The van der Waals surface area contributed by atoms with Crippen LogP contribution in [0.5, 0.6) is 0 Å². The van der Waals surface area contributed by atoms with E-state index in [-0.39, 0.29) is 30.4 Å². The number of hydrogen-bond acceptors (Lipinski definition) is 4. The van der Waals surface area contributed by atoms with E-state index in [9.17, 15) is 9.59 Å². The van der Waals surface area contributed by atoms with E-state index in [2.05, 4.69) is 5.32 Å². The second kappa shape index (κ2) is 10.7. The highest BCUT2D eigenvalue weighted by molar-refractivity contribution is 5.94. The molecule has 1 atom stereocenters. The molecule has 0 aliphatic carbocycles. The van der Waals surface area contributed by atoms with Crippen molar-refractivity contribution in [2.24, 2.45) is 5.92 Å². The van der Waals surface area contributed by atoms with E-state index >= 15 is 0 Å². The summed E-state index contributed by atoms with van der Waals surface area (Å²) in [6, 6.07) is 17.9. The lowest BCUT2D eigenvalue weighted by atomic mass is 10.1. The zero-order chi connectivity index (χ0) is 24.1. The molecule has 1 aromatic heterocycles. The first kappa shape index (κ1) is 23.7. The molecule has 178 valence electrons. The first-order chi connectivity index (χ1) is 16.4. The molecule has 34 heavy (non-hydrogen) atoms. The zero-order valence-electron chi connectivity index (χ0n) is 20.0. The van der Waals surface area contributed by atoms with Crippen LogP contribution in [0.1, 0.15) is 32.3 Å². The molecule has 1 aliphatic heterocycles. The lowest BCUT2D eigenvalue weighted by Gasteiger charge is -2.26. The number of hydrogen-bond donors (Lipinski definition) is 1. The van der Waals surface area contributed by atoms with Gasteiger partial charge in [-0.15, -0.1) is 0 Å². The number of imidazole rings is 1. The molecule has 0 bridgehead atoms. The molecule has 7 heteroatoms. The monoisotopic (exact) mass is 460 g/mol. The molecule has 2 amide bonds. The molecule has 1 N–H and O–H groups in total. The first-order valence-corrected chi connectivity index (χ1v) is 11.8. The molecular weight excluding hydrogens is 428 g/mol. The van der Waals surface area contributed by atoms with Crippen LogP contribution in [-0.4, -0.2) is 52.1 Å². The molecule has 1 saturated heterocycles. The van der Waals surface area contributed by atoms with Gasteiger partial charge in [0.25, 0.3) is 0 Å². The molecule has 3 aromatic rings. The van der Waals surface area contributed by atoms with Gasteiger partial charge in [-0.25, -0.2) is 4.98 Å². The number of carbonyl (C=O) groups is 2. The third-order valence-electron chi connectivity index (χ3n) is 5.89. The van der Waals surface area contributed by atoms with Crippen LogP contribution in [0.2, 0.25) is 0 Å². The van der Waals surface area contributed by atoms with Gasteiger partial charge in [0.05, 0.1) is 11.8 Å². The molecule has 0 radical (unpaired) electrons. The Morgan fingerprint density at radius 1 is 1.18 bits per heavy atom. The van der Waals surface area contributed by atoms with Gasteiger partial charge in [0.1, 0.15) is 6.54 Å². The molecule has 2 aromatic carbocycles. The molecule has 0 spiro atoms. The van der Waals surface area contributed by atoms with Crippen LogP contribution >= 0.6 is 0 Å². The van der Waals surface area contributed by atoms with E-state index in [1.165, 1.54) is 0 Å². The summed E-state index contributed by atoms with van der Waals surface area (Å²) in [7, 11) is 0. The fourth-order valence-electron chi connectivity index (χ4n) is 4.16. The van der Waals surface area contributed by atoms with E-state index in [4.69, 9.17) is 9.72 Å². The number of nitrogens with zero attached hydrogens (tertiary/aromatic N) is 3. The molecule has 2 heterocycles. The largest absolute Gasteiger partial charge is 0.376 e. The summed E-state index contributed by atoms with van der Waals surface area (Å²) in [4.78, 5) is 32.2. The molecule has 0 saturated carbocycles. The number of aromatic nitrogens is 2. The highest BCUT2D eigenvalue weighted by atomic mass is 16.5. The van der Waals surface area contributed by atoms with Crippen molar-refractivity contribution < 1.29 is 14.3 Å². The van der Waals surface area contributed by atoms with E-state index in [0.29, 0.717) is 19.1 Å². The van der Waals surface area contributed by atoms with Crippen molar-refractivity contribution in [3.8, 4) is 16.9 Å². The summed E-state index contributed by atoms with van der Waals surface area (Å²) in [6.45, 7) is 6.80. The summed E-state index contributed by atoms with van der Waals surface area (Å²) in [5, 5.41) is 2.95. The predicted molar refractivity (Wildman–Crippen MR) is 133 cm³/mol. The Kier molecular flexibility index (Phi) is 7.43. The SMILES string of the molecule is Cc1cccc(-n2cc(-c3ccccc3)nc2NC(=O)CN(C[C@@H]2CCCO2)C(=O)C(C)C)c1. The Hall–Kier alpha value is -3.45. The van der Waals surface area contributed by atoms with Gasteiger partial charge in [-0.05, 0) is 37.5 Å². The van der Waals surface area contributed by atoms with Gasteiger partial charge in [0, 0.05) is 36.5 Å². The maximum absolute atomic E-state index is 13.1. The maximum Gasteiger partial charge on any atom is 0.246 e. The third kappa shape index (κ3) is 5.72. The van der Waals surface area contributed by atoms with Gasteiger partial charge in [-0.1, -0.05) is 56.3 Å². The number of rotatable bonds is 8. The fraction of sp³-hybridized carbons (Fsp3) is 0.370. The van der Waals surface area contributed by atoms with E-state index in [1.807, 2.05) is 86.1 Å². The third-order valence-corrected chi connectivity index (χ3v) is 5.89. The second-order valence-corrected chi connectivity index (χ2v) is 9.08. The van der Waals surface area contributed by atoms with Crippen molar-refractivity contribution in [1.82, 2.24) is 14.5 Å². The van der Waals surface area contributed by atoms with Crippen LogP contribution in [0, 0.1) is 12.8 Å². The minimum atomic E-state index is -0.286. The Labute approximate surface area is 200 Å². The highest BCUT2D eigenvalue weighted by Crippen LogP contribution is 2.25. The van der Waals surface area contributed by atoms with Crippen LogP contribution in [0.15, 0.2) is 60.8 Å². The number of carbonyl (C=O) groups excluding carboxylic acids is 2. The number of anilines is 1. The van der Waals surface area contributed by atoms with Crippen LogP contribution in [0.3, 0.4) is 0 Å². The topological polar surface area (TPSA) is 76.5 Å². The average molecular weight is 461 g/mol. The molecular formula is C27H32N4O3. The molecule has 7 nitrogen and oxygen atoms in total. The normalized spacial score (nSPS) is 15.5. The predicted octanol–water partition coefficient (Wildman–Crippen LogP) is 4.45. The summed E-state index contributed by atoms with van der Waals surface area (Å²) < 4.78 is 7.59. The summed E-state index contributed by atoms with van der Waals surface area (Å²) in [5.74, 6) is -0.125. The zero-order valence-corrected chi connectivity index (χ0v) is 20.0. The van der Waals surface area contributed by atoms with Crippen molar-refractivity contribution in [3.63, 3.8) is 0 Å². The van der Waals surface area contributed by atoms with Gasteiger partial charge in [-0.3, -0.25) is 19.5 Å². The van der Waals surface area contributed by atoms with Gasteiger partial charge in [0.15, 0.2) is 0 Å². The van der Waals surface area contributed by atoms with Gasteiger partial charge < -0.3 is 9.64 Å². The van der Waals surface area contributed by atoms with E-state index in [1.54, 1.807) is 4.90 Å². The minimum absolute atomic E-state index is 0.0190. The molecule has 0 unspecified atom stereocenters. The molecule has 4 rings (SSSR count). The fourth-order valence-corrected chi connectivity index (χ4v) is 4.16. The van der Waals surface area contributed by atoms with Crippen LogP contribution in [0.25, 0.3) is 16.9 Å². The number of benzene rings is 2. The number of ether oxygens (including phenoxy) is 1. The quantitative estimate of drug-likeness (QED) is 0.539. The smallest absolute Gasteiger partial charge is 0.246 e. The lowest BCUT2D eigenvalue weighted by Crippen LogP contribution is -2.44. The number of aryl methyl sites for hydroxylation is 1. The number of nitrogens with one attached hydrogen (secondary N) is 1. The number of amides is 2. The summed E-state index contributed by atoms with van der Waals surface area (Å²) in [5.41, 5.74) is 3.72. The van der Waals surface area contributed by atoms with Crippen molar-refractivity contribution in [2.45, 2.75) is 39.7 Å². The van der Waals surface area contributed by atoms with Crippen molar-refractivity contribution in [2.75, 3.05) is 25.0 Å². The Balaban J connectivity index is 1.59. The highest BCUT2D eigenvalue weighted by Gasteiger charge is 2.26. The van der Waals surface area contributed by atoms with Gasteiger partial charge in [0.2, 0.25) is 17.8 Å².